The van der Waals surface area contributed by atoms with Gasteiger partial charge in [-0.15, -0.1) is 0 Å². The van der Waals surface area contributed by atoms with Crippen molar-refractivity contribution < 1.29 is 0 Å². The molecule has 1 fully saturated rings. The van der Waals surface area contributed by atoms with E-state index in [-0.39, 0.29) is 11.1 Å². The van der Waals surface area contributed by atoms with Crippen LogP contribution in [0, 0.1) is 0 Å². The Bertz CT molecular complexity index is 304. The smallest absolute Gasteiger partial charge is 0.188 e. The van der Waals surface area contributed by atoms with Crippen LogP contribution < -0.4 is 0 Å². The summed E-state index contributed by atoms with van der Waals surface area (Å²) in [6.07, 6.45) is 0. The lowest BCUT2D eigenvalue weighted by Crippen LogP contribution is -2.51. The molecule has 106 valence electrons. The molecule has 0 bridgehead atoms. The molecule has 0 aliphatic carbocycles. The van der Waals surface area contributed by atoms with E-state index in [1.807, 2.05) is 0 Å². The van der Waals surface area contributed by atoms with E-state index in [0.717, 1.165) is 13.1 Å². The normalized spacial score (nSPS) is 18.6. The van der Waals surface area contributed by atoms with Gasteiger partial charge < -0.3 is 9.80 Å². The van der Waals surface area contributed by atoms with Crippen LogP contribution in [0.25, 0.3) is 0 Å². The molecule has 1 aliphatic heterocycles. The van der Waals surface area contributed by atoms with E-state index in [0.29, 0.717) is 0 Å². The Balaban J connectivity index is 3.17. The van der Waals surface area contributed by atoms with Gasteiger partial charge in [0.25, 0.3) is 0 Å². The minimum absolute atomic E-state index is 0.151. The summed E-state index contributed by atoms with van der Waals surface area (Å²) in [5.41, 5.74) is 0.303. The van der Waals surface area contributed by atoms with E-state index in [9.17, 15) is 0 Å². The highest BCUT2D eigenvalue weighted by Gasteiger charge is 2.39. The number of hydrogen-bond acceptors (Lipinski definition) is 1. The number of guanidine groups is 1. The largest absolute Gasteiger partial charge is 0.337 e. The fourth-order valence-electron chi connectivity index (χ4n) is 2.24. The molecule has 1 aliphatic rings. The Labute approximate surface area is 114 Å². The van der Waals surface area contributed by atoms with Crippen molar-refractivity contribution in [3.63, 3.8) is 0 Å². The lowest BCUT2D eigenvalue weighted by molar-refractivity contribution is 0.247. The van der Waals surface area contributed by atoms with Crippen molar-refractivity contribution in [1.82, 2.24) is 9.80 Å². The van der Waals surface area contributed by atoms with E-state index >= 15 is 0 Å². The van der Waals surface area contributed by atoms with Crippen LogP contribution in [0.15, 0.2) is 4.66 Å². The summed E-state index contributed by atoms with van der Waals surface area (Å²) in [6.45, 7) is 22.8. The second-order valence-corrected chi connectivity index (χ2v) is 12.8. The van der Waals surface area contributed by atoms with Crippen molar-refractivity contribution in [3.8, 4) is 0 Å². The summed E-state index contributed by atoms with van der Waals surface area (Å²) < 4.78 is 5.11. The minimum Gasteiger partial charge on any atom is -0.337 e. The second kappa shape index (κ2) is 4.55. The number of rotatable bonds is 1. The van der Waals surface area contributed by atoms with Gasteiger partial charge in [-0.1, -0.05) is 0 Å². The van der Waals surface area contributed by atoms with Crippen LogP contribution in [0.2, 0.25) is 19.6 Å². The summed E-state index contributed by atoms with van der Waals surface area (Å²) >= 11 is 0. The number of hydrogen-bond donors (Lipinski definition) is 0. The maximum Gasteiger partial charge on any atom is 0.188 e. The number of nitrogens with zero attached hydrogens (tertiary/aromatic N) is 3. The van der Waals surface area contributed by atoms with Gasteiger partial charge in [-0.2, -0.15) is 0 Å². The molecule has 0 aromatic heterocycles. The van der Waals surface area contributed by atoms with Crippen molar-refractivity contribution in [2.75, 3.05) is 13.1 Å². The molecule has 0 radical (unpaired) electrons. The molecule has 0 aromatic carbocycles. The predicted molar refractivity (Wildman–Crippen MR) is 83.7 cm³/mol. The third kappa shape index (κ3) is 3.74. The highest BCUT2D eigenvalue weighted by molar-refractivity contribution is 6.75. The quantitative estimate of drug-likeness (QED) is 0.680. The van der Waals surface area contributed by atoms with Gasteiger partial charge in [0, 0.05) is 24.2 Å². The summed E-state index contributed by atoms with van der Waals surface area (Å²) in [4.78, 5) is 4.94. The van der Waals surface area contributed by atoms with Gasteiger partial charge in [0.15, 0.2) is 14.2 Å². The molecule has 4 heteroatoms. The first kappa shape index (κ1) is 15.5. The van der Waals surface area contributed by atoms with Crippen LogP contribution in [-0.4, -0.2) is 48.2 Å². The summed E-state index contributed by atoms with van der Waals surface area (Å²) in [5, 5.41) is 0. The molecule has 1 saturated heterocycles. The zero-order valence-electron chi connectivity index (χ0n) is 13.8. The molecule has 3 nitrogen and oxygen atoms in total. The molecule has 0 unspecified atom stereocenters. The third-order valence-electron chi connectivity index (χ3n) is 3.08. The van der Waals surface area contributed by atoms with Crippen LogP contribution in [0.1, 0.15) is 41.5 Å². The summed E-state index contributed by atoms with van der Waals surface area (Å²) in [6, 6.07) is 0. The van der Waals surface area contributed by atoms with Gasteiger partial charge in [-0.05, 0) is 61.2 Å². The van der Waals surface area contributed by atoms with E-state index < -0.39 is 8.24 Å². The molecular weight excluding hydrogens is 238 g/mol. The SMILES string of the molecule is CC(C)(C)N1CCN(C(C)(C)C)C1=N[Si](C)(C)C. The molecule has 1 heterocycles. The zero-order valence-corrected chi connectivity index (χ0v) is 14.8. The molecule has 0 atom stereocenters. The lowest BCUT2D eigenvalue weighted by Gasteiger charge is -2.40. The Morgan fingerprint density at radius 2 is 1.17 bits per heavy atom. The van der Waals surface area contributed by atoms with Crippen molar-refractivity contribution in [2.24, 2.45) is 4.66 Å². The first-order valence-corrected chi connectivity index (χ1v) is 10.4. The van der Waals surface area contributed by atoms with Crippen LogP contribution in [0.3, 0.4) is 0 Å². The van der Waals surface area contributed by atoms with Crippen LogP contribution >= 0.6 is 0 Å². The van der Waals surface area contributed by atoms with Crippen molar-refractivity contribution in [1.29, 1.82) is 0 Å². The summed E-state index contributed by atoms with van der Waals surface area (Å²) in [7, 11) is -1.46. The van der Waals surface area contributed by atoms with E-state index in [4.69, 9.17) is 4.66 Å². The Kier molecular flexibility index (Phi) is 3.93. The fourth-order valence-corrected chi connectivity index (χ4v) is 3.08. The maximum atomic E-state index is 5.11. The van der Waals surface area contributed by atoms with Crippen LogP contribution in [0.4, 0.5) is 0 Å². The van der Waals surface area contributed by atoms with Gasteiger partial charge >= 0.3 is 0 Å². The average Bonchev–Trinajstić information content (AvgIpc) is 2.41. The third-order valence-corrected chi connectivity index (χ3v) is 3.96. The molecule has 0 saturated carbocycles. The minimum atomic E-state index is -1.46. The van der Waals surface area contributed by atoms with Crippen molar-refractivity contribution in [2.45, 2.75) is 72.3 Å². The van der Waals surface area contributed by atoms with Gasteiger partial charge in [-0.3, -0.25) is 4.66 Å². The maximum absolute atomic E-state index is 5.11. The highest BCUT2D eigenvalue weighted by Crippen LogP contribution is 2.27. The first-order chi connectivity index (χ1) is 7.82. The average molecular weight is 270 g/mol. The Morgan fingerprint density at radius 1 is 0.833 bits per heavy atom. The Hall–Kier alpha value is -0.513. The van der Waals surface area contributed by atoms with Gasteiger partial charge in [0.2, 0.25) is 0 Å². The van der Waals surface area contributed by atoms with Crippen LogP contribution in [0.5, 0.6) is 0 Å². The fraction of sp³-hybridized carbons (Fsp3) is 0.929. The van der Waals surface area contributed by atoms with Gasteiger partial charge in [-0.25, -0.2) is 0 Å². The van der Waals surface area contributed by atoms with Gasteiger partial charge in [0.05, 0.1) is 0 Å². The first-order valence-electron chi connectivity index (χ1n) is 6.97. The molecule has 0 N–H and O–H groups in total. The van der Waals surface area contributed by atoms with Crippen LogP contribution in [-0.2, 0) is 0 Å². The topological polar surface area (TPSA) is 18.8 Å². The molecular formula is C14H31N3Si. The van der Waals surface area contributed by atoms with Gasteiger partial charge in [0.1, 0.15) is 0 Å². The molecule has 0 spiro atoms. The lowest BCUT2D eigenvalue weighted by atomic mass is 10.1. The van der Waals surface area contributed by atoms with E-state index in [2.05, 4.69) is 71.0 Å². The predicted octanol–water partition coefficient (Wildman–Crippen LogP) is 3.39. The molecule has 18 heavy (non-hydrogen) atoms. The van der Waals surface area contributed by atoms with Crippen molar-refractivity contribution >= 4 is 14.2 Å². The molecule has 0 aromatic rings. The second-order valence-electron chi connectivity index (χ2n) is 8.23. The highest BCUT2D eigenvalue weighted by atomic mass is 28.3. The van der Waals surface area contributed by atoms with Crippen molar-refractivity contribution in [3.05, 3.63) is 0 Å². The van der Waals surface area contributed by atoms with E-state index in [1.165, 1.54) is 5.96 Å². The summed E-state index contributed by atoms with van der Waals surface area (Å²) in [5.74, 6) is 1.22. The molecule has 1 rings (SSSR count). The standard InChI is InChI=1S/C14H31N3Si/c1-13(2,3)16-10-11-17(14(4,5)6)12(16)15-18(7,8)9/h10-11H2,1-9H3. The Morgan fingerprint density at radius 3 is 1.39 bits per heavy atom. The molecule has 0 amide bonds. The zero-order chi connectivity index (χ0) is 14.4. The monoisotopic (exact) mass is 269 g/mol. The van der Waals surface area contributed by atoms with E-state index in [1.54, 1.807) is 0 Å².